The molecule has 6 heteroatoms. The molecular weight excluding hydrogens is 342 g/mol. The van der Waals surface area contributed by atoms with E-state index in [0.29, 0.717) is 23.2 Å². The lowest BCUT2D eigenvalue weighted by molar-refractivity contribution is 0.393. The predicted octanol–water partition coefficient (Wildman–Crippen LogP) is 4.41. The lowest BCUT2D eigenvalue weighted by Gasteiger charge is -2.28. The maximum Gasteiger partial charge on any atom is 0.258 e. The van der Waals surface area contributed by atoms with Crippen molar-refractivity contribution < 1.29 is 14.0 Å². The molecule has 4 rings (SSSR count). The summed E-state index contributed by atoms with van der Waals surface area (Å²) in [6.45, 7) is 2.26. The number of methoxy groups -OCH3 is 2. The summed E-state index contributed by atoms with van der Waals surface area (Å²) < 4.78 is 16.1. The fourth-order valence-corrected chi connectivity index (χ4v) is 3.36. The van der Waals surface area contributed by atoms with Gasteiger partial charge < -0.3 is 18.9 Å². The molecule has 0 radical (unpaired) electrons. The Bertz CT molecular complexity index is 877. The second-order valence-corrected chi connectivity index (χ2v) is 6.62. The first-order valence-corrected chi connectivity index (χ1v) is 9.19. The summed E-state index contributed by atoms with van der Waals surface area (Å²) in [4.78, 5) is 6.97. The molecule has 1 fully saturated rings. The highest BCUT2D eigenvalue weighted by atomic mass is 16.5. The largest absolute Gasteiger partial charge is 0.497 e. The average molecular weight is 365 g/mol. The number of rotatable bonds is 5. The molecule has 27 heavy (non-hydrogen) atoms. The number of benzene rings is 2. The maximum absolute atomic E-state index is 5.47. The molecule has 140 valence electrons. The number of anilines is 1. The summed E-state index contributed by atoms with van der Waals surface area (Å²) >= 11 is 0. The van der Waals surface area contributed by atoms with Crippen LogP contribution in [0.1, 0.15) is 19.3 Å². The van der Waals surface area contributed by atoms with Crippen LogP contribution in [0.3, 0.4) is 0 Å². The average Bonchev–Trinajstić information content (AvgIpc) is 3.24. The molecule has 0 saturated carbocycles. The van der Waals surface area contributed by atoms with Gasteiger partial charge in [0.15, 0.2) is 0 Å². The van der Waals surface area contributed by atoms with Crippen LogP contribution in [0.15, 0.2) is 47.0 Å². The van der Waals surface area contributed by atoms with Crippen LogP contribution in [0.2, 0.25) is 0 Å². The van der Waals surface area contributed by atoms with Gasteiger partial charge in [0.25, 0.3) is 5.89 Å². The molecule has 0 aliphatic carbocycles. The summed E-state index contributed by atoms with van der Waals surface area (Å²) in [7, 11) is 3.23. The van der Waals surface area contributed by atoms with Gasteiger partial charge in [0.1, 0.15) is 11.5 Å². The van der Waals surface area contributed by atoms with Crippen molar-refractivity contribution >= 4 is 5.69 Å². The van der Waals surface area contributed by atoms with Crippen molar-refractivity contribution in [3.63, 3.8) is 0 Å². The first-order chi connectivity index (χ1) is 13.3. The smallest absolute Gasteiger partial charge is 0.258 e. The summed E-state index contributed by atoms with van der Waals surface area (Å²) in [5, 5.41) is 4.13. The van der Waals surface area contributed by atoms with Crippen molar-refractivity contribution in [2.45, 2.75) is 19.3 Å². The molecule has 0 bridgehead atoms. The molecule has 0 spiro atoms. The van der Waals surface area contributed by atoms with Crippen molar-refractivity contribution in [3.05, 3.63) is 42.5 Å². The van der Waals surface area contributed by atoms with Crippen LogP contribution in [-0.4, -0.2) is 37.4 Å². The van der Waals surface area contributed by atoms with E-state index in [-0.39, 0.29) is 0 Å². The number of hydrogen-bond donors (Lipinski definition) is 0. The third kappa shape index (κ3) is 3.74. The Hall–Kier alpha value is -3.02. The van der Waals surface area contributed by atoms with Crippen LogP contribution in [0.5, 0.6) is 11.5 Å². The highest BCUT2D eigenvalue weighted by Crippen LogP contribution is 2.30. The molecule has 0 unspecified atom stereocenters. The Labute approximate surface area is 158 Å². The van der Waals surface area contributed by atoms with Gasteiger partial charge in [0.05, 0.1) is 14.2 Å². The molecule has 1 aromatic heterocycles. The first-order valence-electron chi connectivity index (χ1n) is 9.19. The van der Waals surface area contributed by atoms with E-state index in [4.69, 9.17) is 14.0 Å². The highest BCUT2D eigenvalue weighted by Gasteiger charge is 2.15. The second-order valence-electron chi connectivity index (χ2n) is 6.62. The van der Waals surface area contributed by atoms with E-state index in [1.165, 1.54) is 24.9 Å². The van der Waals surface area contributed by atoms with E-state index in [1.807, 2.05) is 24.3 Å². The van der Waals surface area contributed by atoms with Crippen LogP contribution in [0.25, 0.3) is 22.8 Å². The topological polar surface area (TPSA) is 60.6 Å². The van der Waals surface area contributed by atoms with Crippen molar-refractivity contribution in [1.82, 2.24) is 10.1 Å². The number of hydrogen-bond acceptors (Lipinski definition) is 6. The molecule has 3 aromatic rings. The lowest BCUT2D eigenvalue weighted by Crippen LogP contribution is -2.29. The van der Waals surface area contributed by atoms with Gasteiger partial charge in [-0.25, -0.2) is 0 Å². The molecule has 1 aliphatic rings. The summed E-state index contributed by atoms with van der Waals surface area (Å²) in [5.41, 5.74) is 2.94. The van der Waals surface area contributed by atoms with Crippen molar-refractivity contribution in [3.8, 4) is 34.3 Å². The lowest BCUT2D eigenvalue weighted by atomic mass is 10.1. The minimum Gasteiger partial charge on any atom is -0.497 e. The Kier molecular flexibility index (Phi) is 4.96. The zero-order valence-corrected chi connectivity index (χ0v) is 15.6. The molecule has 0 atom stereocenters. The van der Waals surface area contributed by atoms with E-state index in [0.717, 1.165) is 24.2 Å². The second kappa shape index (κ2) is 7.70. The number of piperidine rings is 1. The van der Waals surface area contributed by atoms with Crippen molar-refractivity contribution in [1.29, 1.82) is 0 Å². The minimum absolute atomic E-state index is 0.433. The number of ether oxygens (including phenoxy) is 2. The van der Waals surface area contributed by atoms with Gasteiger partial charge in [-0.1, -0.05) is 5.16 Å². The monoisotopic (exact) mass is 365 g/mol. The van der Waals surface area contributed by atoms with Crippen molar-refractivity contribution in [2.24, 2.45) is 0 Å². The Morgan fingerprint density at radius 3 is 2.15 bits per heavy atom. The van der Waals surface area contributed by atoms with Crippen LogP contribution < -0.4 is 14.4 Å². The molecule has 0 amide bonds. The van der Waals surface area contributed by atoms with Crippen LogP contribution in [0, 0.1) is 0 Å². The van der Waals surface area contributed by atoms with E-state index in [2.05, 4.69) is 27.2 Å². The standard InChI is InChI=1S/C21H23N3O3/c1-25-18-12-16(13-19(14-18)26-2)21-22-20(23-27-21)15-6-8-17(9-7-15)24-10-4-3-5-11-24/h6-9,12-14H,3-5,10-11H2,1-2H3. The highest BCUT2D eigenvalue weighted by molar-refractivity contribution is 5.64. The van der Waals surface area contributed by atoms with Gasteiger partial charge >= 0.3 is 0 Å². The summed E-state index contributed by atoms with van der Waals surface area (Å²) in [6, 6.07) is 13.9. The third-order valence-electron chi connectivity index (χ3n) is 4.87. The molecular formula is C21H23N3O3. The van der Waals surface area contributed by atoms with E-state index < -0.39 is 0 Å². The van der Waals surface area contributed by atoms with E-state index in [9.17, 15) is 0 Å². The van der Waals surface area contributed by atoms with Crippen LogP contribution in [0.4, 0.5) is 5.69 Å². The normalized spacial score (nSPS) is 14.2. The molecule has 2 aromatic carbocycles. The van der Waals surface area contributed by atoms with E-state index >= 15 is 0 Å². The Morgan fingerprint density at radius 2 is 1.52 bits per heavy atom. The predicted molar refractivity (Wildman–Crippen MR) is 104 cm³/mol. The van der Waals surface area contributed by atoms with E-state index in [1.54, 1.807) is 20.3 Å². The molecule has 0 N–H and O–H groups in total. The molecule has 6 nitrogen and oxygen atoms in total. The zero-order chi connectivity index (χ0) is 18.6. The van der Waals surface area contributed by atoms with Gasteiger partial charge in [0, 0.05) is 36.0 Å². The van der Waals surface area contributed by atoms with Gasteiger partial charge in [-0.05, 0) is 55.7 Å². The molecule has 1 saturated heterocycles. The fraction of sp³-hybridized carbons (Fsp3) is 0.333. The van der Waals surface area contributed by atoms with Gasteiger partial charge in [-0.3, -0.25) is 0 Å². The summed E-state index contributed by atoms with van der Waals surface area (Å²) in [6.07, 6.45) is 3.86. The number of aromatic nitrogens is 2. The van der Waals surface area contributed by atoms with Gasteiger partial charge in [0.2, 0.25) is 5.82 Å². The van der Waals surface area contributed by atoms with Gasteiger partial charge in [-0.15, -0.1) is 0 Å². The van der Waals surface area contributed by atoms with Crippen LogP contribution in [-0.2, 0) is 0 Å². The molecule has 2 heterocycles. The summed E-state index contributed by atoms with van der Waals surface area (Å²) in [5.74, 6) is 2.35. The Balaban J connectivity index is 1.57. The quantitative estimate of drug-likeness (QED) is 0.667. The SMILES string of the molecule is COc1cc(OC)cc(-c2nc(-c3ccc(N4CCCCC4)cc3)no2)c1. The van der Waals surface area contributed by atoms with Gasteiger partial charge in [-0.2, -0.15) is 4.98 Å². The van der Waals surface area contributed by atoms with Crippen LogP contribution >= 0.6 is 0 Å². The Morgan fingerprint density at radius 1 is 0.852 bits per heavy atom. The number of nitrogens with zero attached hydrogens (tertiary/aromatic N) is 3. The first kappa shape index (κ1) is 17.4. The fourth-order valence-electron chi connectivity index (χ4n) is 3.36. The zero-order valence-electron chi connectivity index (χ0n) is 15.6. The van der Waals surface area contributed by atoms with Crippen molar-refractivity contribution in [2.75, 3.05) is 32.2 Å². The third-order valence-corrected chi connectivity index (χ3v) is 4.87. The molecule has 1 aliphatic heterocycles. The maximum atomic E-state index is 5.47. The minimum atomic E-state index is 0.433.